The summed E-state index contributed by atoms with van der Waals surface area (Å²) in [5.41, 5.74) is 0.695. The molecule has 2 aromatic heterocycles. The van der Waals surface area contributed by atoms with Crippen molar-refractivity contribution in [1.29, 1.82) is 0 Å². The topological polar surface area (TPSA) is 44.2 Å². The van der Waals surface area contributed by atoms with Gasteiger partial charge in [0.05, 0.1) is 5.10 Å². The van der Waals surface area contributed by atoms with E-state index in [-0.39, 0.29) is 0 Å². The van der Waals surface area contributed by atoms with Gasteiger partial charge >= 0.3 is 5.82 Å². The van der Waals surface area contributed by atoms with E-state index >= 15 is 0 Å². The number of fused-ring (bicyclic) bond motifs is 1. The zero-order chi connectivity index (χ0) is 8.72. The zero-order valence-corrected chi connectivity index (χ0v) is 7.12. The highest BCUT2D eigenvalue weighted by atomic mass is 35.5. The maximum Gasteiger partial charge on any atom is 0.324 e. The molecule has 4 nitrogen and oxygen atoms in total. The highest BCUT2D eigenvalue weighted by Gasteiger charge is 2.08. The molecule has 0 unspecified atom stereocenters. The molecule has 12 heavy (non-hydrogen) atoms. The predicted molar refractivity (Wildman–Crippen MR) is 43.9 cm³/mol. The first kappa shape index (κ1) is 7.36. The number of aromatic nitrogens is 3. The second-order valence-corrected chi connectivity index (χ2v) is 2.88. The van der Waals surface area contributed by atoms with Crippen LogP contribution in [0.15, 0.2) is 18.3 Å². The minimum atomic E-state index is 0.376. The van der Waals surface area contributed by atoms with Crippen molar-refractivity contribution in [3.05, 3.63) is 34.5 Å². The number of halogens is 1. The smallest absolute Gasteiger partial charge is 0.324 e. The SMILES string of the molecule is Cc1nn2c(Cl)ccc2c[n+]1[O-]. The van der Waals surface area contributed by atoms with E-state index in [4.69, 9.17) is 11.6 Å². The van der Waals surface area contributed by atoms with Crippen LogP contribution in [0.5, 0.6) is 0 Å². The second kappa shape index (κ2) is 2.35. The summed E-state index contributed by atoms with van der Waals surface area (Å²) in [7, 11) is 0. The third-order valence-electron chi connectivity index (χ3n) is 1.65. The Morgan fingerprint density at radius 3 is 3.08 bits per heavy atom. The summed E-state index contributed by atoms with van der Waals surface area (Å²) in [5, 5.41) is 15.5. The van der Waals surface area contributed by atoms with Crippen molar-refractivity contribution in [3.8, 4) is 0 Å². The molecule has 2 aromatic rings. The minimum Gasteiger partial charge on any atom is -0.711 e. The molecule has 0 fully saturated rings. The predicted octanol–water partition coefficient (Wildman–Crippen LogP) is 0.930. The molecule has 2 heterocycles. The molecule has 0 aliphatic rings. The molecule has 0 aromatic carbocycles. The van der Waals surface area contributed by atoms with Crippen LogP contribution in [-0.4, -0.2) is 9.61 Å². The summed E-state index contributed by atoms with van der Waals surface area (Å²) in [6.45, 7) is 1.63. The van der Waals surface area contributed by atoms with Crippen LogP contribution in [0, 0.1) is 12.1 Å². The van der Waals surface area contributed by atoms with Gasteiger partial charge in [-0.05, 0) is 12.1 Å². The Bertz CT molecular complexity index is 437. The fourth-order valence-electron chi connectivity index (χ4n) is 1.02. The molecule has 0 radical (unpaired) electrons. The normalized spacial score (nSPS) is 10.8. The van der Waals surface area contributed by atoms with Gasteiger partial charge in [0.25, 0.3) is 0 Å². The summed E-state index contributed by atoms with van der Waals surface area (Å²) in [6, 6.07) is 3.44. The number of aryl methyl sites for hydroxylation is 1. The summed E-state index contributed by atoms with van der Waals surface area (Å²) >= 11 is 5.79. The van der Waals surface area contributed by atoms with Gasteiger partial charge < -0.3 is 5.21 Å². The van der Waals surface area contributed by atoms with Crippen molar-refractivity contribution < 1.29 is 4.73 Å². The largest absolute Gasteiger partial charge is 0.711 e. The number of rotatable bonds is 0. The minimum absolute atomic E-state index is 0.376. The maximum atomic E-state index is 11.0. The summed E-state index contributed by atoms with van der Waals surface area (Å²) < 4.78 is 2.23. The van der Waals surface area contributed by atoms with Crippen LogP contribution in [0.1, 0.15) is 5.82 Å². The third-order valence-corrected chi connectivity index (χ3v) is 1.94. The van der Waals surface area contributed by atoms with E-state index in [1.54, 1.807) is 19.1 Å². The first-order valence-electron chi connectivity index (χ1n) is 3.42. The van der Waals surface area contributed by atoms with Gasteiger partial charge in [-0.2, -0.15) is 0 Å². The van der Waals surface area contributed by atoms with Crippen molar-refractivity contribution in [2.45, 2.75) is 6.92 Å². The quantitative estimate of drug-likeness (QED) is 0.451. The molecule has 0 bridgehead atoms. The average Bonchev–Trinajstić information content (AvgIpc) is 2.35. The van der Waals surface area contributed by atoms with Gasteiger partial charge in [0.1, 0.15) is 11.7 Å². The number of hydrogen-bond acceptors (Lipinski definition) is 2. The standard InChI is InChI=1S/C7H6ClN3O/c1-5-9-11-6(4-10(5)12)2-3-7(11)8/h2-4H,1H3. The van der Waals surface area contributed by atoms with Crippen molar-refractivity contribution in [1.82, 2.24) is 9.61 Å². The van der Waals surface area contributed by atoms with E-state index in [9.17, 15) is 5.21 Å². The van der Waals surface area contributed by atoms with Gasteiger partial charge in [0.2, 0.25) is 0 Å². The van der Waals surface area contributed by atoms with E-state index in [2.05, 4.69) is 5.10 Å². The van der Waals surface area contributed by atoms with E-state index in [1.807, 2.05) is 0 Å². The molecule has 62 valence electrons. The highest BCUT2D eigenvalue weighted by molar-refractivity contribution is 6.29. The van der Waals surface area contributed by atoms with Crippen LogP contribution in [0.25, 0.3) is 5.52 Å². The van der Waals surface area contributed by atoms with Gasteiger partial charge in [-0.25, -0.2) is 4.73 Å². The lowest BCUT2D eigenvalue weighted by Gasteiger charge is -2.01. The molecule has 5 heteroatoms. The van der Waals surface area contributed by atoms with E-state index in [0.717, 1.165) is 0 Å². The van der Waals surface area contributed by atoms with Crippen LogP contribution in [0.4, 0.5) is 0 Å². The molecule has 0 spiro atoms. The van der Waals surface area contributed by atoms with E-state index in [0.29, 0.717) is 21.2 Å². The fraction of sp³-hybridized carbons (Fsp3) is 0.143. The average molecular weight is 184 g/mol. The lowest BCUT2D eigenvalue weighted by Crippen LogP contribution is -2.31. The Balaban J connectivity index is 2.87. The van der Waals surface area contributed by atoms with Crippen molar-refractivity contribution in [2.24, 2.45) is 0 Å². The van der Waals surface area contributed by atoms with Crippen LogP contribution >= 0.6 is 11.6 Å². The Morgan fingerprint density at radius 1 is 1.58 bits per heavy atom. The molecule has 0 saturated heterocycles. The van der Waals surface area contributed by atoms with E-state index in [1.165, 1.54) is 10.7 Å². The Labute approximate surface area is 73.6 Å². The highest BCUT2D eigenvalue weighted by Crippen LogP contribution is 2.11. The molecular weight excluding hydrogens is 178 g/mol. The van der Waals surface area contributed by atoms with Gasteiger partial charge in [0.15, 0.2) is 5.15 Å². The summed E-state index contributed by atoms with van der Waals surface area (Å²) in [5.74, 6) is 0.376. The monoisotopic (exact) mass is 183 g/mol. The molecule has 0 N–H and O–H groups in total. The molecule has 2 rings (SSSR count). The Morgan fingerprint density at radius 2 is 2.33 bits per heavy atom. The Hall–Kier alpha value is -1.29. The van der Waals surface area contributed by atoms with Crippen molar-refractivity contribution in [2.75, 3.05) is 0 Å². The molecule has 0 atom stereocenters. The second-order valence-electron chi connectivity index (χ2n) is 2.49. The van der Waals surface area contributed by atoms with Gasteiger partial charge in [-0.1, -0.05) is 11.6 Å². The van der Waals surface area contributed by atoms with Crippen molar-refractivity contribution >= 4 is 17.1 Å². The van der Waals surface area contributed by atoms with Crippen LogP contribution in [0.2, 0.25) is 5.15 Å². The number of nitrogens with zero attached hydrogens (tertiary/aromatic N) is 3. The molecule has 0 saturated carbocycles. The molecule has 0 amide bonds. The number of hydrogen-bond donors (Lipinski definition) is 0. The van der Waals surface area contributed by atoms with Gasteiger partial charge in [-0.15, -0.1) is 4.52 Å². The van der Waals surface area contributed by atoms with E-state index < -0.39 is 0 Å². The third kappa shape index (κ3) is 0.921. The first-order chi connectivity index (χ1) is 5.68. The van der Waals surface area contributed by atoms with Crippen LogP contribution in [0.3, 0.4) is 0 Å². The molecular formula is C7H6ClN3O. The molecule has 0 aliphatic carbocycles. The van der Waals surface area contributed by atoms with Gasteiger partial charge in [0, 0.05) is 6.92 Å². The lowest BCUT2D eigenvalue weighted by atomic mass is 10.5. The van der Waals surface area contributed by atoms with Crippen molar-refractivity contribution in [3.63, 3.8) is 0 Å². The van der Waals surface area contributed by atoms with Crippen LogP contribution in [-0.2, 0) is 0 Å². The summed E-state index contributed by atoms with van der Waals surface area (Å²) in [6.07, 6.45) is 1.44. The lowest BCUT2D eigenvalue weighted by molar-refractivity contribution is -0.615. The summed E-state index contributed by atoms with van der Waals surface area (Å²) in [4.78, 5) is 0. The molecule has 0 aliphatic heterocycles. The fourth-order valence-corrected chi connectivity index (χ4v) is 1.22. The zero-order valence-electron chi connectivity index (χ0n) is 6.36. The first-order valence-corrected chi connectivity index (χ1v) is 3.80. The van der Waals surface area contributed by atoms with Gasteiger partial charge in [-0.3, -0.25) is 0 Å². The van der Waals surface area contributed by atoms with Crippen LogP contribution < -0.4 is 4.73 Å². The maximum absolute atomic E-state index is 11.0. The Kier molecular flexibility index (Phi) is 1.44.